The van der Waals surface area contributed by atoms with Crippen LogP contribution in [0.25, 0.3) is 0 Å². The Morgan fingerprint density at radius 3 is 2.55 bits per heavy atom. The van der Waals surface area contributed by atoms with Crippen LogP contribution in [0.2, 0.25) is 0 Å². The first kappa shape index (κ1) is 15.3. The Balaban J connectivity index is 1.57. The van der Waals surface area contributed by atoms with Crippen LogP contribution < -0.4 is 15.4 Å². The van der Waals surface area contributed by atoms with Crippen LogP contribution in [0.3, 0.4) is 0 Å². The van der Waals surface area contributed by atoms with Crippen LogP contribution in [-0.2, 0) is 11.2 Å². The van der Waals surface area contributed by atoms with Gasteiger partial charge in [-0.3, -0.25) is 4.79 Å². The SMILES string of the molecule is COc1cccc2c1CCC2NC1CCC(NC(C)=O)CC1. The van der Waals surface area contributed by atoms with Gasteiger partial charge in [0, 0.05) is 25.0 Å². The van der Waals surface area contributed by atoms with Crippen molar-refractivity contribution in [3.63, 3.8) is 0 Å². The van der Waals surface area contributed by atoms with Crippen LogP contribution in [0.5, 0.6) is 5.75 Å². The maximum atomic E-state index is 11.1. The fourth-order valence-electron chi connectivity index (χ4n) is 3.96. The highest BCUT2D eigenvalue weighted by Gasteiger charge is 2.29. The molecule has 4 heteroatoms. The highest BCUT2D eigenvalue weighted by Crippen LogP contribution is 2.37. The molecule has 22 heavy (non-hydrogen) atoms. The van der Waals surface area contributed by atoms with Crippen LogP contribution in [0.15, 0.2) is 18.2 Å². The van der Waals surface area contributed by atoms with Crippen molar-refractivity contribution in [2.75, 3.05) is 7.11 Å². The van der Waals surface area contributed by atoms with Crippen LogP contribution in [-0.4, -0.2) is 25.1 Å². The summed E-state index contributed by atoms with van der Waals surface area (Å²) in [5, 5.41) is 6.87. The molecule has 1 aromatic carbocycles. The average molecular weight is 302 g/mol. The maximum absolute atomic E-state index is 11.1. The van der Waals surface area contributed by atoms with Crippen molar-refractivity contribution in [1.82, 2.24) is 10.6 Å². The van der Waals surface area contributed by atoms with Crippen LogP contribution in [0.4, 0.5) is 0 Å². The number of hydrogen-bond donors (Lipinski definition) is 2. The van der Waals surface area contributed by atoms with Gasteiger partial charge in [0.1, 0.15) is 5.75 Å². The molecule has 1 amide bonds. The molecule has 120 valence electrons. The van der Waals surface area contributed by atoms with E-state index in [0.717, 1.165) is 44.3 Å². The third-order valence-electron chi connectivity index (χ3n) is 5.02. The monoisotopic (exact) mass is 302 g/mol. The Morgan fingerprint density at radius 2 is 1.86 bits per heavy atom. The number of amides is 1. The second-order valence-corrected chi connectivity index (χ2v) is 6.54. The Kier molecular flexibility index (Phi) is 4.67. The van der Waals surface area contributed by atoms with E-state index in [0.29, 0.717) is 18.1 Å². The van der Waals surface area contributed by atoms with Gasteiger partial charge >= 0.3 is 0 Å². The summed E-state index contributed by atoms with van der Waals surface area (Å²) < 4.78 is 5.48. The van der Waals surface area contributed by atoms with Gasteiger partial charge in [0.25, 0.3) is 0 Å². The molecule has 2 aliphatic carbocycles. The van der Waals surface area contributed by atoms with Crippen molar-refractivity contribution in [2.45, 2.75) is 63.6 Å². The second-order valence-electron chi connectivity index (χ2n) is 6.54. The minimum Gasteiger partial charge on any atom is -0.496 e. The van der Waals surface area contributed by atoms with Crippen molar-refractivity contribution >= 4 is 5.91 Å². The molecule has 3 rings (SSSR count). The first-order valence-corrected chi connectivity index (χ1v) is 8.36. The molecule has 1 fully saturated rings. The molecule has 0 saturated heterocycles. The standard InChI is InChI=1S/C18H26N2O2/c1-12(21)19-13-6-8-14(9-7-13)20-17-11-10-16-15(17)4-3-5-18(16)22-2/h3-5,13-14,17,20H,6-11H2,1-2H3,(H,19,21). The first-order chi connectivity index (χ1) is 10.7. The Hall–Kier alpha value is -1.55. The van der Waals surface area contributed by atoms with Crippen molar-refractivity contribution in [3.8, 4) is 5.75 Å². The van der Waals surface area contributed by atoms with Crippen LogP contribution in [0, 0.1) is 0 Å². The quantitative estimate of drug-likeness (QED) is 0.899. The van der Waals surface area contributed by atoms with E-state index in [-0.39, 0.29) is 5.91 Å². The number of fused-ring (bicyclic) bond motifs is 1. The Morgan fingerprint density at radius 1 is 1.14 bits per heavy atom. The lowest BCUT2D eigenvalue weighted by molar-refractivity contribution is -0.119. The van der Waals surface area contributed by atoms with Gasteiger partial charge in [-0.2, -0.15) is 0 Å². The molecular weight excluding hydrogens is 276 g/mol. The highest BCUT2D eigenvalue weighted by molar-refractivity contribution is 5.73. The molecule has 0 aromatic heterocycles. The van der Waals surface area contributed by atoms with E-state index in [1.165, 1.54) is 11.1 Å². The predicted octanol–water partition coefficient (Wildman–Crippen LogP) is 2.72. The Bertz CT molecular complexity index is 536. The summed E-state index contributed by atoms with van der Waals surface area (Å²) >= 11 is 0. The molecule has 2 N–H and O–H groups in total. The van der Waals surface area contributed by atoms with E-state index in [1.807, 2.05) is 0 Å². The normalized spacial score (nSPS) is 27.3. The lowest BCUT2D eigenvalue weighted by atomic mass is 9.90. The molecule has 1 saturated carbocycles. The number of carbonyl (C=O) groups is 1. The zero-order valence-electron chi connectivity index (χ0n) is 13.5. The summed E-state index contributed by atoms with van der Waals surface area (Å²) in [6, 6.07) is 7.75. The van der Waals surface area contributed by atoms with Crippen molar-refractivity contribution in [2.24, 2.45) is 0 Å². The number of ether oxygens (including phenoxy) is 1. The summed E-state index contributed by atoms with van der Waals surface area (Å²) in [6.07, 6.45) is 6.69. The second kappa shape index (κ2) is 6.69. The molecule has 0 bridgehead atoms. The largest absolute Gasteiger partial charge is 0.496 e. The van der Waals surface area contributed by atoms with Crippen molar-refractivity contribution in [1.29, 1.82) is 0 Å². The number of rotatable bonds is 4. The summed E-state index contributed by atoms with van der Waals surface area (Å²) in [5.41, 5.74) is 2.78. The average Bonchev–Trinajstić information content (AvgIpc) is 2.92. The van der Waals surface area contributed by atoms with Gasteiger partial charge < -0.3 is 15.4 Å². The number of carbonyl (C=O) groups excluding carboxylic acids is 1. The molecule has 4 nitrogen and oxygen atoms in total. The predicted molar refractivity (Wildman–Crippen MR) is 87.1 cm³/mol. The lowest BCUT2D eigenvalue weighted by Crippen LogP contribution is -2.42. The van der Waals surface area contributed by atoms with E-state index in [4.69, 9.17) is 4.74 Å². The van der Waals surface area contributed by atoms with Gasteiger partial charge in [0.05, 0.1) is 7.11 Å². The molecule has 2 aliphatic rings. The van der Waals surface area contributed by atoms with E-state index in [9.17, 15) is 4.79 Å². The van der Waals surface area contributed by atoms with Gasteiger partial charge in [-0.15, -0.1) is 0 Å². The van der Waals surface area contributed by atoms with Crippen molar-refractivity contribution in [3.05, 3.63) is 29.3 Å². The number of benzene rings is 1. The lowest BCUT2D eigenvalue weighted by Gasteiger charge is -2.31. The summed E-state index contributed by atoms with van der Waals surface area (Å²) in [5.74, 6) is 1.12. The third-order valence-corrected chi connectivity index (χ3v) is 5.02. The van der Waals surface area contributed by atoms with Crippen molar-refractivity contribution < 1.29 is 9.53 Å². The first-order valence-electron chi connectivity index (χ1n) is 8.36. The third kappa shape index (κ3) is 3.27. The molecule has 0 spiro atoms. The molecule has 1 atom stereocenters. The molecule has 0 radical (unpaired) electrons. The van der Waals surface area contributed by atoms with Gasteiger partial charge in [-0.25, -0.2) is 0 Å². The van der Waals surface area contributed by atoms with Gasteiger partial charge in [0.2, 0.25) is 5.91 Å². The summed E-state index contributed by atoms with van der Waals surface area (Å²) in [7, 11) is 1.75. The minimum absolute atomic E-state index is 0.0909. The van der Waals surface area contributed by atoms with Crippen LogP contribution >= 0.6 is 0 Å². The minimum atomic E-state index is 0.0909. The maximum Gasteiger partial charge on any atom is 0.217 e. The van der Waals surface area contributed by atoms with Gasteiger partial charge in [0.15, 0.2) is 0 Å². The van der Waals surface area contributed by atoms with E-state index >= 15 is 0 Å². The highest BCUT2D eigenvalue weighted by atomic mass is 16.5. The van der Waals surface area contributed by atoms with E-state index in [2.05, 4.69) is 28.8 Å². The molecular formula is C18H26N2O2. The number of nitrogens with one attached hydrogen (secondary N) is 2. The fourth-order valence-corrected chi connectivity index (χ4v) is 3.96. The van der Waals surface area contributed by atoms with E-state index in [1.54, 1.807) is 14.0 Å². The molecule has 0 heterocycles. The Labute approximate surface area is 132 Å². The van der Waals surface area contributed by atoms with Gasteiger partial charge in [-0.1, -0.05) is 12.1 Å². The fraction of sp³-hybridized carbons (Fsp3) is 0.611. The summed E-state index contributed by atoms with van der Waals surface area (Å²) in [6.45, 7) is 1.60. The van der Waals surface area contributed by atoms with Gasteiger partial charge in [-0.05, 0) is 55.7 Å². The van der Waals surface area contributed by atoms with Crippen LogP contribution in [0.1, 0.15) is 56.2 Å². The smallest absolute Gasteiger partial charge is 0.217 e. The molecule has 0 aliphatic heterocycles. The number of hydrogen-bond acceptors (Lipinski definition) is 3. The summed E-state index contributed by atoms with van der Waals surface area (Å²) in [4.78, 5) is 11.1. The molecule has 1 aromatic rings. The molecule has 1 unspecified atom stereocenters. The zero-order valence-corrected chi connectivity index (χ0v) is 13.5. The topological polar surface area (TPSA) is 50.4 Å². The number of methoxy groups -OCH3 is 1. The van der Waals surface area contributed by atoms with E-state index < -0.39 is 0 Å². The zero-order chi connectivity index (χ0) is 15.5.